The number of nitrogens with one attached hydrogen (secondary N) is 2. The molecule has 2 unspecified atom stereocenters. The highest BCUT2D eigenvalue weighted by Crippen LogP contribution is 2.24. The Morgan fingerprint density at radius 3 is 2.15 bits per heavy atom. The lowest BCUT2D eigenvalue weighted by Gasteiger charge is -2.30. The molecule has 2 atom stereocenters. The van der Waals surface area contributed by atoms with Gasteiger partial charge in [0.25, 0.3) is 5.91 Å². The minimum Gasteiger partial charge on any atom is -0.508 e. The van der Waals surface area contributed by atoms with Crippen molar-refractivity contribution in [3.8, 4) is 18.2 Å². The molecule has 0 heterocycles. The van der Waals surface area contributed by atoms with Crippen LogP contribution in [0.25, 0.3) is 0 Å². The Hall–Kier alpha value is -3.99. The lowest BCUT2D eigenvalue weighted by Crippen LogP contribution is -2.52. The largest absolute Gasteiger partial charge is 0.508 e. The van der Waals surface area contributed by atoms with Crippen LogP contribution in [0, 0.1) is 12.5 Å². The van der Waals surface area contributed by atoms with E-state index in [-0.39, 0.29) is 12.2 Å². The zero-order chi connectivity index (χ0) is 29.0. The number of phenolic OH excluding ortho intramolecular Hbond substituents is 1. The number of rotatable bonds is 12. The third kappa shape index (κ3) is 10.0. The zero-order valence-corrected chi connectivity index (χ0v) is 23.6. The molecule has 3 amide bonds. The first kappa shape index (κ1) is 31.2. The number of carbonyl (C=O) groups is 3. The molecule has 0 aliphatic rings. The van der Waals surface area contributed by atoms with Gasteiger partial charge in [-0.05, 0) is 62.4 Å². The second-order valence-corrected chi connectivity index (χ2v) is 10.4. The maximum absolute atomic E-state index is 13.9. The van der Waals surface area contributed by atoms with Crippen LogP contribution in [0.5, 0.6) is 5.75 Å². The van der Waals surface area contributed by atoms with Crippen molar-refractivity contribution in [2.24, 2.45) is 0 Å². The van der Waals surface area contributed by atoms with Crippen LogP contribution in [0.1, 0.15) is 76.6 Å². The molecule has 39 heavy (non-hydrogen) atoms. The van der Waals surface area contributed by atoms with Crippen molar-refractivity contribution < 1.29 is 24.2 Å². The maximum atomic E-state index is 13.9. The topological polar surface area (TPSA) is 108 Å². The summed E-state index contributed by atoms with van der Waals surface area (Å²) in [6.07, 6.45) is 8.73. The molecule has 0 spiro atoms. The number of hydrogen-bond donors (Lipinski definition) is 3. The van der Waals surface area contributed by atoms with Gasteiger partial charge in [-0.2, -0.15) is 0 Å². The Bertz CT molecular complexity index is 1130. The third-order valence-electron chi connectivity index (χ3n) is 6.03. The van der Waals surface area contributed by atoms with Gasteiger partial charge in [-0.1, -0.05) is 69.5 Å². The Labute approximate surface area is 232 Å². The number of phenols is 1. The summed E-state index contributed by atoms with van der Waals surface area (Å²) >= 11 is 0. The summed E-state index contributed by atoms with van der Waals surface area (Å²) in [5, 5.41) is 15.2. The van der Waals surface area contributed by atoms with Gasteiger partial charge in [-0.15, -0.1) is 0 Å². The summed E-state index contributed by atoms with van der Waals surface area (Å²) in [4.78, 5) is 41.1. The molecule has 8 heteroatoms. The minimum absolute atomic E-state index is 0.0656. The number of unbranched alkanes of at least 4 members (excludes halogenated alkanes) is 2. The molecule has 0 fully saturated rings. The molecule has 3 N–H and O–H groups in total. The number of benzene rings is 2. The quantitative estimate of drug-likeness (QED) is 0.204. The van der Waals surface area contributed by atoms with Crippen LogP contribution in [-0.2, 0) is 27.2 Å². The molecule has 0 aliphatic heterocycles. The Morgan fingerprint density at radius 1 is 1.00 bits per heavy atom. The van der Waals surface area contributed by atoms with Crippen molar-refractivity contribution >= 4 is 17.9 Å². The zero-order valence-electron chi connectivity index (χ0n) is 23.6. The van der Waals surface area contributed by atoms with Crippen LogP contribution in [0.4, 0.5) is 4.79 Å². The standard InChI is InChI=1S/C31H41N3O5/c1-7-10-11-20-32-28(36)27(24-16-12-22(8-2)13-17-24)34(9-3)29(37)26(33-30(38)39-31(4,5)6)21-23-14-18-25(35)19-15-23/h3,12-19,26-27,35H,7-8,10-11,20-21H2,1-2,4-6H3,(H,32,36)(H,33,38). The molecule has 0 bridgehead atoms. The molecular weight excluding hydrogens is 494 g/mol. The maximum Gasteiger partial charge on any atom is 0.408 e. The highest BCUT2D eigenvalue weighted by molar-refractivity contribution is 5.93. The fraction of sp³-hybridized carbons (Fsp3) is 0.452. The summed E-state index contributed by atoms with van der Waals surface area (Å²) in [5.74, 6) is -0.964. The van der Waals surface area contributed by atoms with Gasteiger partial charge in [0.2, 0.25) is 5.91 Å². The number of hydrogen-bond acceptors (Lipinski definition) is 5. The average Bonchev–Trinajstić information content (AvgIpc) is 2.89. The van der Waals surface area contributed by atoms with Gasteiger partial charge in [-0.25, -0.2) is 4.79 Å². The molecular formula is C31H41N3O5. The number of carbonyl (C=O) groups excluding carboxylic acids is 3. The van der Waals surface area contributed by atoms with Crippen LogP contribution >= 0.6 is 0 Å². The van der Waals surface area contributed by atoms with E-state index in [9.17, 15) is 19.5 Å². The van der Waals surface area contributed by atoms with Crippen molar-refractivity contribution in [1.29, 1.82) is 0 Å². The van der Waals surface area contributed by atoms with E-state index in [1.54, 1.807) is 45.0 Å². The number of nitrogens with zero attached hydrogens (tertiary/aromatic N) is 1. The summed E-state index contributed by atoms with van der Waals surface area (Å²) < 4.78 is 5.39. The van der Waals surface area contributed by atoms with E-state index >= 15 is 0 Å². The van der Waals surface area contributed by atoms with E-state index in [4.69, 9.17) is 11.2 Å². The van der Waals surface area contributed by atoms with E-state index in [1.807, 2.05) is 19.1 Å². The molecule has 210 valence electrons. The first-order valence-corrected chi connectivity index (χ1v) is 13.4. The predicted octanol–water partition coefficient (Wildman–Crippen LogP) is 4.86. The highest BCUT2D eigenvalue weighted by atomic mass is 16.6. The smallest absolute Gasteiger partial charge is 0.408 e. The molecule has 2 aromatic carbocycles. The van der Waals surface area contributed by atoms with Gasteiger partial charge in [0.1, 0.15) is 23.4 Å². The number of terminal acetylenes is 1. The van der Waals surface area contributed by atoms with Crippen molar-refractivity contribution in [1.82, 2.24) is 15.5 Å². The Kier molecular flexibility index (Phi) is 11.9. The normalized spacial score (nSPS) is 12.5. The van der Waals surface area contributed by atoms with E-state index in [2.05, 4.69) is 23.6 Å². The molecule has 2 aromatic rings. The van der Waals surface area contributed by atoms with Gasteiger partial charge in [0.15, 0.2) is 0 Å². The Morgan fingerprint density at radius 2 is 1.62 bits per heavy atom. The Balaban J connectivity index is 2.44. The lowest BCUT2D eigenvalue weighted by atomic mass is 9.99. The van der Waals surface area contributed by atoms with Gasteiger partial charge in [0, 0.05) is 19.0 Å². The molecule has 0 saturated heterocycles. The first-order chi connectivity index (χ1) is 18.5. The highest BCUT2D eigenvalue weighted by Gasteiger charge is 2.36. The molecule has 0 saturated carbocycles. The van der Waals surface area contributed by atoms with Crippen LogP contribution in [-0.4, -0.2) is 46.1 Å². The van der Waals surface area contributed by atoms with E-state index < -0.39 is 35.6 Å². The first-order valence-electron chi connectivity index (χ1n) is 13.4. The van der Waals surface area contributed by atoms with Gasteiger partial charge >= 0.3 is 6.09 Å². The number of alkyl carbamates (subject to hydrolysis) is 1. The predicted molar refractivity (Wildman–Crippen MR) is 152 cm³/mol. The average molecular weight is 536 g/mol. The van der Waals surface area contributed by atoms with E-state index in [1.165, 1.54) is 12.1 Å². The second-order valence-electron chi connectivity index (χ2n) is 10.4. The number of aryl methyl sites for hydroxylation is 1. The van der Waals surface area contributed by atoms with Crippen molar-refractivity contribution in [3.63, 3.8) is 0 Å². The second kappa shape index (κ2) is 14.8. The minimum atomic E-state index is -1.13. The van der Waals surface area contributed by atoms with Crippen LogP contribution in [0.3, 0.4) is 0 Å². The van der Waals surface area contributed by atoms with Crippen LogP contribution < -0.4 is 10.6 Å². The molecule has 2 rings (SSSR count). The van der Waals surface area contributed by atoms with Crippen molar-refractivity contribution in [2.75, 3.05) is 6.54 Å². The van der Waals surface area contributed by atoms with E-state index in [0.717, 1.165) is 36.1 Å². The fourth-order valence-corrected chi connectivity index (χ4v) is 3.99. The summed E-state index contributed by atoms with van der Waals surface area (Å²) in [6.45, 7) is 9.71. The fourth-order valence-electron chi connectivity index (χ4n) is 3.99. The summed E-state index contributed by atoms with van der Waals surface area (Å²) in [5.41, 5.74) is 1.53. The van der Waals surface area contributed by atoms with Gasteiger partial charge in [-0.3, -0.25) is 14.5 Å². The molecule has 0 aromatic heterocycles. The van der Waals surface area contributed by atoms with Crippen molar-refractivity contribution in [3.05, 3.63) is 65.2 Å². The number of aromatic hydroxyl groups is 1. The van der Waals surface area contributed by atoms with Crippen LogP contribution in [0.2, 0.25) is 0 Å². The van der Waals surface area contributed by atoms with Crippen molar-refractivity contribution in [2.45, 2.75) is 84.4 Å². The monoisotopic (exact) mass is 535 g/mol. The SMILES string of the molecule is C#CN(C(=O)C(Cc1ccc(O)cc1)NC(=O)OC(C)(C)C)C(C(=O)NCCCCC)c1ccc(CC)cc1. The lowest BCUT2D eigenvalue weighted by molar-refractivity contribution is -0.138. The van der Waals surface area contributed by atoms with Crippen LogP contribution in [0.15, 0.2) is 48.5 Å². The number of amides is 3. The summed E-state index contributed by atoms with van der Waals surface area (Å²) in [6, 6.07) is 13.8. The molecule has 8 nitrogen and oxygen atoms in total. The van der Waals surface area contributed by atoms with Gasteiger partial charge < -0.3 is 20.5 Å². The number of ether oxygens (including phenoxy) is 1. The third-order valence-corrected chi connectivity index (χ3v) is 6.03. The van der Waals surface area contributed by atoms with E-state index in [0.29, 0.717) is 17.7 Å². The molecule has 0 aliphatic carbocycles. The van der Waals surface area contributed by atoms with Gasteiger partial charge in [0.05, 0.1) is 0 Å². The summed E-state index contributed by atoms with van der Waals surface area (Å²) in [7, 11) is 0. The molecule has 0 radical (unpaired) electrons.